The molecule has 0 aromatic carbocycles. The number of hydrogen-bond acceptors (Lipinski definition) is 3. The first kappa shape index (κ1) is 13.3. The van der Waals surface area contributed by atoms with E-state index in [0.29, 0.717) is 13.0 Å². The van der Waals surface area contributed by atoms with E-state index in [2.05, 4.69) is 5.32 Å². The highest BCUT2D eigenvalue weighted by Gasteiger charge is 2.39. The number of nitrogens with zero attached hydrogens (tertiary/aromatic N) is 1. The quantitative estimate of drug-likeness (QED) is 0.788. The van der Waals surface area contributed by atoms with Crippen LogP contribution >= 0.6 is 0 Å². The Balaban J connectivity index is 2.11. The molecule has 0 aromatic rings. The molecule has 2 atom stereocenters. The Hall–Kier alpha value is -1.10. The van der Waals surface area contributed by atoms with Gasteiger partial charge < -0.3 is 15.0 Å². The molecule has 0 aromatic heterocycles. The second kappa shape index (κ2) is 4.88. The van der Waals surface area contributed by atoms with Gasteiger partial charge in [-0.25, -0.2) is 0 Å². The molecule has 0 spiro atoms. The van der Waals surface area contributed by atoms with Crippen LogP contribution in [0.4, 0.5) is 0 Å². The van der Waals surface area contributed by atoms with Gasteiger partial charge in [-0.3, -0.25) is 9.59 Å². The lowest BCUT2D eigenvalue weighted by Gasteiger charge is -2.43. The van der Waals surface area contributed by atoms with Gasteiger partial charge in [-0.1, -0.05) is 6.92 Å². The highest BCUT2D eigenvalue weighted by molar-refractivity contribution is 5.95. The summed E-state index contributed by atoms with van der Waals surface area (Å²) in [7, 11) is 0. The van der Waals surface area contributed by atoms with Gasteiger partial charge in [-0.05, 0) is 33.1 Å². The smallest absolute Gasteiger partial charge is 0.245 e. The number of nitrogens with one attached hydrogen (secondary N) is 1. The maximum atomic E-state index is 12.3. The highest BCUT2D eigenvalue weighted by atomic mass is 16.5. The minimum Gasteiger partial charge on any atom is -0.375 e. The molecule has 0 bridgehead atoms. The topological polar surface area (TPSA) is 58.6 Å². The lowest BCUT2D eigenvalue weighted by atomic mass is 9.91. The molecule has 0 aliphatic carbocycles. The minimum atomic E-state index is -0.350. The molecule has 5 heteroatoms. The van der Waals surface area contributed by atoms with Crippen molar-refractivity contribution in [2.45, 2.75) is 57.7 Å². The first-order valence-electron chi connectivity index (χ1n) is 6.67. The first-order valence-corrected chi connectivity index (χ1v) is 6.67. The van der Waals surface area contributed by atoms with Gasteiger partial charge in [0.2, 0.25) is 11.8 Å². The molecular weight excluding hydrogens is 232 g/mol. The van der Waals surface area contributed by atoms with E-state index in [-0.39, 0.29) is 36.0 Å². The molecule has 1 N–H and O–H groups in total. The van der Waals surface area contributed by atoms with Crippen LogP contribution in [0.25, 0.3) is 0 Å². The van der Waals surface area contributed by atoms with Crippen molar-refractivity contribution in [3.05, 3.63) is 0 Å². The van der Waals surface area contributed by atoms with E-state index in [4.69, 9.17) is 4.74 Å². The van der Waals surface area contributed by atoms with Gasteiger partial charge in [0.05, 0.1) is 12.1 Å². The number of piperazine rings is 1. The van der Waals surface area contributed by atoms with Gasteiger partial charge >= 0.3 is 0 Å². The van der Waals surface area contributed by atoms with Crippen molar-refractivity contribution < 1.29 is 14.3 Å². The van der Waals surface area contributed by atoms with E-state index in [9.17, 15) is 9.59 Å². The summed E-state index contributed by atoms with van der Waals surface area (Å²) in [4.78, 5) is 25.7. The molecular formula is C13H22N2O3. The average Bonchev–Trinajstić information content (AvgIpc) is 2.30. The van der Waals surface area contributed by atoms with Gasteiger partial charge in [0.25, 0.3) is 0 Å². The van der Waals surface area contributed by atoms with Crippen LogP contribution in [0, 0.1) is 0 Å². The maximum Gasteiger partial charge on any atom is 0.245 e. The van der Waals surface area contributed by atoms with Gasteiger partial charge in [-0.2, -0.15) is 0 Å². The van der Waals surface area contributed by atoms with Crippen LogP contribution in [0.2, 0.25) is 0 Å². The second-order valence-electron chi connectivity index (χ2n) is 5.75. The molecule has 5 nitrogen and oxygen atoms in total. The molecule has 2 aliphatic rings. The van der Waals surface area contributed by atoms with Crippen molar-refractivity contribution in [1.29, 1.82) is 0 Å². The van der Waals surface area contributed by atoms with Crippen LogP contribution in [0.1, 0.15) is 40.0 Å². The van der Waals surface area contributed by atoms with E-state index in [1.807, 2.05) is 20.8 Å². The molecule has 18 heavy (non-hydrogen) atoms. The maximum absolute atomic E-state index is 12.3. The third-order valence-corrected chi connectivity index (χ3v) is 3.75. The zero-order chi connectivity index (χ0) is 13.3. The van der Waals surface area contributed by atoms with E-state index in [1.54, 1.807) is 4.90 Å². The molecule has 2 fully saturated rings. The summed E-state index contributed by atoms with van der Waals surface area (Å²) in [5.74, 6) is 0.00514. The van der Waals surface area contributed by atoms with E-state index in [1.165, 1.54) is 0 Å². The summed E-state index contributed by atoms with van der Waals surface area (Å²) in [6.07, 6.45) is 2.26. The molecule has 2 rings (SSSR count). The van der Waals surface area contributed by atoms with Crippen LogP contribution in [0.15, 0.2) is 0 Å². The summed E-state index contributed by atoms with van der Waals surface area (Å²) in [6.45, 7) is 6.83. The first-order chi connectivity index (χ1) is 8.43. The summed E-state index contributed by atoms with van der Waals surface area (Å²) < 4.78 is 5.66. The van der Waals surface area contributed by atoms with E-state index in [0.717, 1.165) is 12.8 Å². The minimum absolute atomic E-state index is 0.0502. The third-order valence-electron chi connectivity index (χ3n) is 3.75. The number of hydrogen-bond donors (Lipinski definition) is 1. The van der Waals surface area contributed by atoms with Gasteiger partial charge in [0.1, 0.15) is 6.04 Å². The van der Waals surface area contributed by atoms with Gasteiger partial charge in [-0.15, -0.1) is 0 Å². The van der Waals surface area contributed by atoms with Gasteiger partial charge in [0, 0.05) is 12.6 Å². The second-order valence-corrected chi connectivity index (χ2v) is 5.75. The number of carbonyl (C=O) groups excluding carboxylic acids is 2. The zero-order valence-electron chi connectivity index (χ0n) is 11.4. The van der Waals surface area contributed by atoms with Crippen molar-refractivity contribution in [2.24, 2.45) is 0 Å². The Morgan fingerprint density at radius 2 is 2.17 bits per heavy atom. The molecule has 2 saturated heterocycles. The molecule has 2 unspecified atom stereocenters. The monoisotopic (exact) mass is 254 g/mol. The van der Waals surface area contributed by atoms with Crippen LogP contribution in [-0.2, 0) is 14.3 Å². The Kier molecular flexibility index (Phi) is 3.61. The SMILES string of the molecule is CCC1NC(=O)CN(C2CCOC(C)(C)C2)C1=O. The van der Waals surface area contributed by atoms with Crippen molar-refractivity contribution >= 4 is 11.8 Å². The van der Waals surface area contributed by atoms with Crippen LogP contribution in [0.5, 0.6) is 0 Å². The Morgan fingerprint density at radius 3 is 2.78 bits per heavy atom. The van der Waals surface area contributed by atoms with E-state index >= 15 is 0 Å². The predicted molar refractivity (Wildman–Crippen MR) is 67.0 cm³/mol. The lowest BCUT2D eigenvalue weighted by molar-refractivity contribution is -0.152. The molecule has 2 aliphatic heterocycles. The molecule has 0 radical (unpaired) electrons. The predicted octanol–water partition coefficient (Wildman–Crippen LogP) is 0.681. The molecule has 102 valence electrons. The fraction of sp³-hybridized carbons (Fsp3) is 0.846. The Bertz CT molecular complexity index is 354. The summed E-state index contributed by atoms with van der Waals surface area (Å²) in [5.41, 5.74) is -0.209. The molecule has 0 saturated carbocycles. The fourth-order valence-corrected chi connectivity index (χ4v) is 2.79. The summed E-state index contributed by atoms with van der Waals surface area (Å²) >= 11 is 0. The number of carbonyl (C=O) groups is 2. The molecule has 2 heterocycles. The van der Waals surface area contributed by atoms with Crippen molar-refractivity contribution in [2.75, 3.05) is 13.2 Å². The van der Waals surface area contributed by atoms with Crippen molar-refractivity contribution in [1.82, 2.24) is 10.2 Å². The fourth-order valence-electron chi connectivity index (χ4n) is 2.79. The van der Waals surface area contributed by atoms with Crippen molar-refractivity contribution in [3.63, 3.8) is 0 Å². The summed E-state index contributed by atoms with van der Waals surface area (Å²) in [5, 5.41) is 2.74. The lowest BCUT2D eigenvalue weighted by Crippen LogP contribution is -2.62. The third kappa shape index (κ3) is 2.66. The summed E-state index contributed by atoms with van der Waals surface area (Å²) in [6, 6.07) is -0.224. The average molecular weight is 254 g/mol. The Morgan fingerprint density at radius 1 is 1.44 bits per heavy atom. The van der Waals surface area contributed by atoms with Crippen LogP contribution in [-0.4, -0.2) is 47.6 Å². The molecule has 2 amide bonds. The Labute approximate surface area is 108 Å². The van der Waals surface area contributed by atoms with Gasteiger partial charge in [0.15, 0.2) is 0 Å². The largest absolute Gasteiger partial charge is 0.375 e. The number of ether oxygens (including phenoxy) is 1. The van der Waals surface area contributed by atoms with Crippen LogP contribution in [0.3, 0.4) is 0 Å². The zero-order valence-corrected chi connectivity index (χ0v) is 11.4. The highest BCUT2D eigenvalue weighted by Crippen LogP contribution is 2.28. The van der Waals surface area contributed by atoms with Crippen molar-refractivity contribution in [3.8, 4) is 0 Å². The standard InChI is InChI=1S/C13H22N2O3/c1-4-10-12(17)15(8-11(16)14-10)9-5-6-18-13(2,3)7-9/h9-10H,4-8H2,1-3H3,(H,14,16). The number of rotatable bonds is 2. The number of amides is 2. The van der Waals surface area contributed by atoms with Crippen LogP contribution < -0.4 is 5.32 Å². The normalized spacial score (nSPS) is 32.3. The van der Waals surface area contributed by atoms with E-state index < -0.39 is 0 Å².